The van der Waals surface area contributed by atoms with E-state index < -0.39 is 0 Å². The Balaban J connectivity index is 2.15. The lowest BCUT2D eigenvalue weighted by atomic mass is 10.2. The Bertz CT molecular complexity index is 659. The summed E-state index contributed by atoms with van der Waals surface area (Å²) in [6.07, 6.45) is 0. The number of hydrogen-bond acceptors (Lipinski definition) is 2. The van der Waals surface area contributed by atoms with Gasteiger partial charge >= 0.3 is 0 Å². The molecule has 6 heteroatoms. The maximum absolute atomic E-state index is 6.15. The molecule has 1 heterocycles. The van der Waals surface area contributed by atoms with Crippen LogP contribution in [-0.2, 0) is 0 Å². The summed E-state index contributed by atoms with van der Waals surface area (Å²) in [6, 6.07) is 7.04. The van der Waals surface area contributed by atoms with Crippen LogP contribution < -0.4 is 9.47 Å². The fourth-order valence-electron chi connectivity index (χ4n) is 1.59. The number of hydrogen-bond donors (Lipinski definition) is 0. The van der Waals surface area contributed by atoms with Crippen molar-refractivity contribution in [2.45, 2.75) is 0 Å². The highest BCUT2D eigenvalue weighted by atomic mass is 79.9. The molecule has 2 nitrogen and oxygen atoms in total. The van der Waals surface area contributed by atoms with Crippen LogP contribution in [0.25, 0.3) is 0 Å². The van der Waals surface area contributed by atoms with Gasteiger partial charge in [-0.25, -0.2) is 0 Å². The SMILES string of the molecule is Clc1cc2c(cc1Br)Oc1ccc(Br)c(Cl)c1O2. The molecular weight excluding hydrogens is 407 g/mol. The van der Waals surface area contributed by atoms with E-state index in [9.17, 15) is 0 Å². The topological polar surface area (TPSA) is 18.5 Å². The number of rotatable bonds is 0. The first-order valence-corrected chi connectivity index (χ1v) is 7.23. The Morgan fingerprint density at radius 2 is 1.56 bits per heavy atom. The Morgan fingerprint density at radius 3 is 2.33 bits per heavy atom. The number of halogens is 4. The Kier molecular flexibility index (Phi) is 3.22. The lowest BCUT2D eigenvalue weighted by molar-refractivity contribution is 0.359. The predicted octanol–water partition coefficient (Wildman–Crippen LogP) is 6.42. The van der Waals surface area contributed by atoms with Crippen molar-refractivity contribution in [3.8, 4) is 23.0 Å². The standard InChI is InChI=1S/C12H4Br2Cl2O2/c13-5-1-2-8-12(11(5)16)18-10-4-7(15)6(14)3-9(10)17-8/h1-4H. The third-order valence-electron chi connectivity index (χ3n) is 2.43. The van der Waals surface area contributed by atoms with Crippen LogP contribution in [0.5, 0.6) is 23.0 Å². The summed E-state index contributed by atoms with van der Waals surface area (Å²) >= 11 is 18.9. The van der Waals surface area contributed by atoms with Gasteiger partial charge in [0, 0.05) is 21.1 Å². The van der Waals surface area contributed by atoms with Crippen molar-refractivity contribution in [1.29, 1.82) is 0 Å². The van der Waals surface area contributed by atoms with E-state index in [1.165, 1.54) is 0 Å². The molecule has 92 valence electrons. The van der Waals surface area contributed by atoms with Gasteiger partial charge < -0.3 is 9.47 Å². The molecule has 0 atom stereocenters. The van der Waals surface area contributed by atoms with Gasteiger partial charge in [0.15, 0.2) is 23.0 Å². The first-order valence-electron chi connectivity index (χ1n) is 4.89. The van der Waals surface area contributed by atoms with Crippen molar-refractivity contribution in [3.05, 3.63) is 43.3 Å². The lowest BCUT2D eigenvalue weighted by Gasteiger charge is -2.22. The second-order valence-corrected chi connectivity index (χ2v) is 6.10. The minimum Gasteiger partial charge on any atom is -0.449 e. The molecule has 1 aliphatic rings. The molecule has 0 amide bonds. The van der Waals surface area contributed by atoms with Gasteiger partial charge in [-0.1, -0.05) is 23.2 Å². The molecule has 0 fully saturated rings. The largest absolute Gasteiger partial charge is 0.449 e. The summed E-state index contributed by atoms with van der Waals surface area (Å²) in [4.78, 5) is 0. The van der Waals surface area contributed by atoms with Crippen molar-refractivity contribution < 1.29 is 9.47 Å². The van der Waals surface area contributed by atoms with Gasteiger partial charge in [-0.2, -0.15) is 0 Å². The van der Waals surface area contributed by atoms with Gasteiger partial charge in [0.05, 0.1) is 5.02 Å². The van der Waals surface area contributed by atoms with Gasteiger partial charge in [-0.05, 0) is 44.0 Å². The first-order chi connectivity index (χ1) is 8.56. The van der Waals surface area contributed by atoms with Crippen molar-refractivity contribution in [3.63, 3.8) is 0 Å². The highest BCUT2D eigenvalue weighted by Crippen LogP contribution is 2.51. The summed E-state index contributed by atoms with van der Waals surface area (Å²) < 4.78 is 13.0. The van der Waals surface area contributed by atoms with E-state index in [1.807, 2.05) is 0 Å². The molecule has 0 N–H and O–H groups in total. The maximum Gasteiger partial charge on any atom is 0.189 e. The van der Waals surface area contributed by atoms with Crippen LogP contribution in [0.3, 0.4) is 0 Å². The molecule has 0 aliphatic carbocycles. The van der Waals surface area contributed by atoms with E-state index in [-0.39, 0.29) is 0 Å². The van der Waals surface area contributed by atoms with Crippen LogP contribution in [0, 0.1) is 0 Å². The summed E-state index contributed by atoms with van der Waals surface area (Å²) in [5.74, 6) is 2.19. The van der Waals surface area contributed by atoms with Crippen molar-refractivity contribution >= 4 is 55.1 Å². The van der Waals surface area contributed by atoms with Crippen LogP contribution in [-0.4, -0.2) is 0 Å². The molecule has 2 aromatic carbocycles. The number of ether oxygens (including phenoxy) is 2. The predicted molar refractivity (Wildman–Crippen MR) is 78.5 cm³/mol. The molecular formula is C12H4Br2Cl2O2. The van der Waals surface area contributed by atoms with Gasteiger partial charge in [-0.15, -0.1) is 0 Å². The minimum atomic E-state index is 0.470. The van der Waals surface area contributed by atoms with Crippen LogP contribution in [0.15, 0.2) is 33.2 Å². The van der Waals surface area contributed by atoms with E-state index in [2.05, 4.69) is 31.9 Å². The Morgan fingerprint density at radius 1 is 0.833 bits per heavy atom. The Hall–Kier alpha value is -0.420. The molecule has 18 heavy (non-hydrogen) atoms. The summed E-state index contributed by atoms with van der Waals surface area (Å²) in [6.45, 7) is 0. The van der Waals surface area contributed by atoms with Crippen molar-refractivity contribution in [2.75, 3.05) is 0 Å². The second kappa shape index (κ2) is 4.60. The van der Waals surface area contributed by atoms with Crippen molar-refractivity contribution in [2.24, 2.45) is 0 Å². The second-order valence-electron chi connectivity index (χ2n) is 3.61. The summed E-state index contributed by atoms with van der Waals surface area (Å²) in [5.41, 5.74) is 0. The molecule has 3 rings (SSSR count). The summed E-state index contributed by atoms with van der Waals surface area (Å²) in [5, 5.41) is 1.02. The van der Waals surface area contributed by atoms with Crippen molar-refractivity contribution in [1.82, 2.24) is 0 Å². The average Bonchev–Trinajstić information content (AvgIpc) is 2.34. The maximum atomic E-state index is 6.15. The quantitative estimate of drug-likeness (QED) is 0.426. The third-order valence-corrected chi connectivity index (χ3v) is 4.89. The molecule has 1 aliphatic heterocycles. The van der Waals surface area contributed by atoms with Crippen LogP contribution in [0.1, 0.15) is 0 Å². The van der Waals surface area contributed by atoms with Gasteiger partial charge in [0.25, 0.3) is 0 Å². The zero-order valence-corrected chi connectivity index (χ0v) is 13.3. The smallest absolute Gasteiger partial charge is 0.189 e. The fraction of sp³-hybridized carbons (Fsp3) is 0. The highest BCUT2D eigenvalue weighted by molar-refractivity contribution is 9.10. The molecule has 0 unspecified atom stereocenters. The monoisotopic (exact) mass is 408 g/mol. The molecule has 0 radical (unpaired) electrons. The van der Waals surface area contributed by atoms with Crippen LogP contribution in [0.2, 0.25) is 10.0 Å². The number of fused-ring (bicyclic) bond motifs is 2. The first kappa shape index (κ1) is 12.6. The van der Waals surface area contributed by atoms with Crippen LogP contribution >= 0.6 is 55.1 Å². The molecule has 0 bridgehead atoms. The van der Waals surface area contributed by atoms with E-state index in [0.29, 0.717) is 33.0 Å². The third kappa shape index (κ3) is 2.01. The van der Waals surface area contributed by atoms with Crippen LogP contribution in [0.4, 0.5) is 0 Å². The highest BCUT2D eigenvalue weighted by Gasteiger charge is 2.23. The minimum absolute atomic E-state index is 0.470. The Labute approximate surface area is 130 Å². The van der Waals surface area contributed by atoms with E-state index in [1.54, 1.807) is 24.3 Å². The molecule has 0 spiro atoms. The average molecular weight is 411 g/mol. The van der Waals surface area contributed by atoms with Gasteiger partial charge in [0.1, 0.15) is 5.02 Å². The van der Waals surface area contributed by atoms with E-state index in [0.717, 1.165) is 8.95 Å². The molecule has 0 saturated carbocycles. The van der Waals surface area contributed by atoms with E-state index in [4.69, 9.17) is 32.7 Å². The fourth-order valence-corrected chi connectivity index (χ4v) is 2.57. The van der Waals surface area contributed by atoms with Gasteiger partial charge in [0.2, 0.25) is 0 Å². The van der Waals surface area contributed by atoms with Gasteiger partial charge in [-0.3, -0.25) is 0 Å². The molecule has 0 aromatic heterocycles. The zero-order chi connectivity index (χ0) is 12.9. The molecule has 2 aromatic rings. The number of benzene rings is 2. The normalized spacial score (nSPS) is 12.2. The molecule has 0 saturated heterocycles. The van der Waals surface area contributed by atoms with E-state index >= 15 is 0 Å². The summed E-state index contributed by atoms with van der Waals surface area (Å²) in [7, 11) is 0. The zero-order valence-electron chi connectivity index (χ0n) is 8.64. The lowest BCUT2D eigenvalue weighted by Crippen LogP contribution is -1.99.